The van der Waals surface area contributed by atoms with Crippen LogP contribution < -0.4 is 5.32 Å². The van der Waals surface area contributed by atoms with E-state index in [2.05, 4.69) is 24.3 Å². The molecule has 0 spiro atoms. The second kappa shape index (κ2) is 5.02. The monoisotopic (exact) mass is 337 g/mol. The van der Waals surface area contributed by atoms with Crippen LogP contribution in [-0.2, 0) is 11.8 Å². The van der Waals surface area contributed by atoms with Crippen LogP contribution in [0.5, 0.6) is 0 Å². The molecule has 0 unspecified atom stereocenters. The van der Waals surface area contributed by atoms with Gasteiger partial charge in [-0.15, -0.1) is 0 Å². The number of hydrogen-bond donors (Lipinski definition) is 1. The van der Waals surface area contributed by atoms with Crippen molar-refractivity contribution < 1.29 is 13.6 Å². The van der Waals surface area contributed by atoms with E-state index in [9.17, 15) is 13.6 Å². The van der Waals surface area contributed by atoms with Crippen molar-refractivity contribution >= 4 is 11.7 Å². The van der Waals surface area contributed by atoms with Crippen LogP contribution >= 0.6 is 0 Å². The summed E-state index contributed by atoms with van der Waals surface area (Å²) in [6.07, 6.45) is 3.93. The maximum Gasteiger partial charge on any atom is 0.249 e. The number of aromatic nitrogens is 2. The molecule has 3 aliphatic carbocycles. The van der Waals surface area contributed by atoms with Gasteiger partial charge in [0.05, 0.1) is 5.69 Å². The van der Waals surface area contributed by atoms with E-state index in [1.165, 1.54) is 0 Å². The van der Waals surface area contributed by atoms with E-state index in [0.717, 1.165) is 42.8 Å². The molecule has 0 bridgehead atoms. The van der Waals surface area contributed by atoms with Crippen molar-refractivity contribution in [1.29, 1.82) is 0 Å². The molecule has 3 saturated carbocycles. The first-order chi connectivity index (χ1) is 11.2. The lowest BCUT2D eigenvalue weighted by atomic mass is 9.73. The Hall–Kier alpha value is -1.46. The minimum atomic E-state index is -2.56. The number of carbonyl (C=O) groups is 1. The number of rotatable bonds is 4. The molecule has 3 fully saturated rings. The topological polar surface area (TPSA) is 46.9 Å². The summed E-state index contributed by atoms with van der Waals surface area (Å²) < 4.78 is 28.3. The molecule has 1 aromatic rings. The highest BCUT2D eigenvalue weighted by Crippen LogP contribution is 2.54. The average Bonchev–Trinajstić information content (AvgIpc) is 2.93. The quantitative estimate of drug-likeness (QED) is 0.896. The van der Waals surface area contributed by atoms with Crippen molar-refractivity contribution in [1.82, 2.24) is 9.78 Å². The molecule has 1 heterocycles. The molecule has 1 amide bonds. The highest BCUT2D eigenvalue weighted by atomic mass is 19.3. The number of carbonyl (C=O) groups excluding carboxylic acids is 1. The fourth-order valence-electron chi connectivity index (χ4n) is 4.08. The van der Waals surface area contributed by atoms with Gasteiger partial charge in [0.2, 0.25) is 11.8 Å². The standard InChI is InChI=1S/C18H25F2N3O/c1-17(2)9-12(17)16(24)21-15-13(10-5-4-6-10)14(22-23(15)3)11-7-18(19,20)8-11/h10-12H,4-9H2,1-3H3,(H,21,24)/t12-/m1/s1. The van der Waals surface area contributed by atoms with E-state index in [1.807, 2.05) is 0 Å². The molecule has 0 radical (unpaired) electrons. The first-order valence-electron chi connectivity index (χ1n) is 8.93. The van der Waals surface area contributed by atoms with Gasteiger partial charge in [0.1, 0.15) is 5.82 Å². The van der Waals surface area contributed by atoms with Crippen LogP contribution in [0.2, 0.25) is 0 Å². The molecule has 6 heteroatoms. The number of nitrogens with one attached hydrogen (secondary N) is 1. The minimum Gasteiger partial charge on any atom is -0.310 e. The number of aryl methyl sites for hydroxylation is 1. The summed E-state index contributed by atoms with van der Waals surface area (Å²) in [4.78, 5) is 12.5. The number of amides is 1. The lowest BCUT2D eigenvalue weighted by molar-refractivity contribution is -0.118. The van der Waals surface area contributed by atoms with Gasteiger partial charge < -0.3 is 5.32 Å². The summed E-state index contributed by atoms with van der Waals surface area (Å²) >= 11 is 0. The van der Waals surface area contributed by atoms with Gasteiger partial charge in [0.15, 0.2) is 0 Å². The first-order valence-corrected chi connectivity index (χ1v) is 8.93. The summed E-state index contributed by atoms with van der Waals surface area (Å²) in [5, 5.41) is 7.60. The SMILES string of the molecule is Cn1nc(C2CC(F)(F)C2)c(C2CCC2)c1NC(=O)[C@H]1CC1(C)C. The smallest absolute Gasteiger partial charge is 0.249 e. The third kappa shape index (κ3) is 2.54. The Balaban J connectivity index is 1.61. The number of hydrogen-bond acceptors (Lipinski definition) is 2. The molecule has 4 rings (SSSR count). The predicted molar refractivity (Wildman–Crippen MR) is 87.2 cm³/mol. The first kappa shape index (κ1) is 16.0. The lowest BCUT2D eigenvalue weighted by Crippen LogP contribution is -2.34. The van der Waals surface area contributed by atoms with Crippen LogP contribution in [0.15, 0.2) is 0 Å². The summed E-state index contributed by atoms with van der Waals surface area (Å²) in [7, 11) is 1.80. The second-order valence-electron chi connectivity index (χ2n) is 8.59. The minimum absolute atomic E-state index is 0.0362. The van der Waals surface area contributed by atoms with Crippen LogP contribution in [0.25, 0.3) is 0 Å². The van der Waals surface area contributed by atoms with Gasteiger partial charge in [0, 0.05) is 37.3 Å². The Morgan fingerprint density at radius 1 is 1.21 bits per heavy atom. The molecular formula is C18H25F2N3O. The summed E-state index contributed by atoms with van der Waals surface area (Å²) in [5.41, 5.74) is 1.88. The number of anilines is 1. The molecule has 1 atom stereocenters. The zero-order valence-corrected chi connectivity index (χ0v) is 14.5. The summed E-state index contributed by atoms with van der Waals surface area (Å²) in [6.45, 7) is 4.18. The number of alkyl halides is 2. The molecule has 0 saturated heterocycles. The largest absolute Gasteiger partial charge is 0.310 e. The van der Waals surface area contributed by atoms with Gasteiger partial charge in [-0.05, 0) is 30.6 Å². The van der Waals surface area contributed by atoms with E-state index < -0.39 is 5.92 Å². The summed E-state index contributed by atoms with van der Waals surface area (Å²) in [6, 6.07) is 0. The van der Waals surface area contributed by atoms with Gasteiger partial charge in [0.25, 0.3) is 0 Å². The van der Waals surface area contributed by atoms with E-state index >= 15 is 0 Å². The van der Waals surface area contributed by atoms with E-state index in [0.29, 0.717) is 5.92 Å². The van der Waals surface area contributed by atoms with Crippen molar-refractivity contribution in [2.75, 3.05) is 5.32 Å². The Morgan fingerprint density at radius 3 is 2.29 bits per heavy atom. The number of nitrogens with zero attached hydrogens (tertiary/aromatic N) is 2. The van der Waals surface area contributed by atoms with Crippen LogP contribution in [0, 0.1) is 11.3 Å². The molecule has 4 nitrogen and oxygen atoms in total. The predicted octanol–water partition coefficient (Wildman–Crippen LogP) is 4.18. The van der Waals surface area contributed by atoms with E-state index in [-0.39, 0.29) is 36.0 Å². The fourth-order valence-corrected chi connectivity index (χ4v) is 4.08. The number of halogens is 2. The molecule has 1 aromatic heterocycles. The maximum absolute atomic E-state index is 13.3. The molecular weight excluding hydrogens is 312 g/mol. The van der Waals surface area contributed by atoms with Crippen molar-refractivity contribution in [3.8, 4) is 0 Å². The Labute approximate surface area is 141 Å². The zero-order chi connectivity index (χ0) is 17.3. The van der Waals surface area contributed by atoms with Crippen LogP contribution in [0.1, 0.15) is 75.5 Å². The van der Waals surface area contributed by atoms with Gasteiger partial charge in [-0.25, -0.2) is 8.78 Å². The van der Waals surface area contributed by atoms with Crippen molar-refractivity contribution in [3.05, 3.63) is 11.3 Å². The van der Waals surface area contributed by atoms with Gasteiger partial charge in [-0.1, -0.05) is 20.3 Å². The van der Waals surface area contributed by atoms with Crippen LogP contribution in [0.3, 0.4) is 0 Å². The Bertz CT molecular complexity index is 683. The Morgan fingerprint density at radius 2 is 1.83 bits per heavy atom. The Kier molecular flexibility index (Phi) is 3.35. The van der Waals surface area contributed by atoms with Crippen molar-refractivity contribution in [2.45, 2.75) is 70.1 Å². The molecule has 0 aliphatic heterocycles. The molecule has 24 heavy (non-hydrogen) atoms. The average molecular weight is 337 g/mol. The molecule has 1 N–H and O–H groups in total. The van der Waals surface area contributed by atoms with Crippen LogP contribution in [0.4, 0.5) is 14.6 Å². The second-order valence-corrected chi connectivity index (χ2v) is 8.59. The van der Waals surface area contributed by atoms with Crippen LogP contribution in [-0.4, -0.2) is 21.6 Å². The molecule has 132 valence electrons. The molecule has 3 aliphatic rings. The zero-order valence-electron chi connectivity index (χ0n) is 14.5. The molecule has 0 aromatic carbocycles. The highest BCUT2D eigenvalue weighted by molar-refractivity contribution is 5.95. The third-order valence-electron chi connectivity index (χ3n) is 6.17. The van der Waals surface area contributed by atoms with Gasteiger partial charge in [-0.2, -0.15) is 5.10 Å². The van der Waals surface area contributed by atoms with E-state index in [4.69, 9.17) is 0 Å². The summed E-state index contributed by atoms with van der Waals surface area (Å²) in [5.74, 6) is -1.57. The van der Waals surface area contributed by atoms with Gasteiger partial charge in [-0.3, -0.25) is 9.48 Å². The van der Waals surface area contributed by atoms with Crippen molar-refractivity contribution in [2.24, 2.45) is 18.4 Å². The maximum atomic E-state index is 13.3. The highest BCUT2D eigenvalue weighted by Gasteiger charge is 2.52. The van der Waals surface area contributed by atoms with Crippen molar-refractivity contribution in [3.63, 3.8) is 0 Å². The lowest BCUT2D eigenvalue weighted by Gasteiger charge is -2.36. The fraction of sp³-hybridized carbons (Fsp3) is 0.778. The third-order valence-corrected chi connectivity index (χ3v) is 6.17. The van der Waals surface area contributed by atoms with E-state index in [1.54, 1.807) is 11.7 Å². The van der Waals surface area contributed by atoms with Gasteiger partial charge >= 0.3 is 0 Å². The normalized spacial score (nSPS) is 28.1.